The molecule has 102 valence electrons. The van der Waals surface area contributed by atoms with Crippen LogP contribution in [0.4, 0.5) is 5.69 Å². The van der Waals surface area contributed by atoms with Gasteiger partial charge in [-0.2, -0.15) is 0 Å². The molecule has 4 nitrogen and oxygen atoms in total. The van der Waals surface area contributed by atoms with Gasteiger partial charge in [-0.05, 0) is 23.8 Å². The van der Waals surface area contributed by atoms with Gasteiger partial charge in [-0.1, -0.05) is 36.4 Å². The third kappa shape index (κ3) is 3.23. The molecule has 0 aliphatic heterocycles. The molecule has 0 aliphatic carbocycles. The number of hydrogen-bond donors (Lipinski definition) is 1. The van der Waals surface area contributed by atoms with Gasteiger partial charge in [-0.25, -0.2) is 4.79 Å². The number of aromatic carboxylic acids is 1. The molecule has 1 amide bonds. The average molecular weight is 269 g/mol. The molecule has 0 heterocycles. The van der Waals surface area contributed by atoms with Gasteiger partial charge in [0.1, 0.15) is 0 Å². The van der Waals surface area contributed by atoms with Crippen molar-refractivity contribution < 1.29 is 14.7 Å². The molecule has 2 aromatic carbocycles. The lowest BCUT2D eigenvalue weighted by Gasteiger charge is -2.21. The fourth-order valence-corrected chi connectivity index (χ4v) is 1.96. The number of rotatable bonds is 4. The van der Waals surface area contributed by atoms with Crippen LogP contribution in [-0.2, 0) is 11.3 Å². The number of nitrogens with zero attached hydrogens (tertiary/aromatic N) is 1. The summed E-state index contributed by atoms with van der Waals surface area (Å²) in [5.41, 5.74) is 1.74. The zero-order chi connectivity index (χ0) is 14.5. The zero-order valence-electron chi connectivity index (χ0n) is 11.1. The molecule has 0 unspecified atom stereocenters. The molecular weight excluding hydrogens is 254 g/mol. The van der Waals surface area contributed by atoms with E-state index in [2.05, 4.69) is 0 Å². The fourth-order valence-electron chi connectivity index (χ4n) is 1.96. The summed E-state index contributed by atoms with van der Waals surface area (Å²) in [6, 6.07) is 16.0. The van der Waals surface area contributed by atoms with Crippen molar-refractivity contribution in [3.05, 3.63) is 65.7 Å². The highest BCUT2D eigenvalue weighted by atomic mass is 16.4. The Morgan fingerprint density at radius 1 is 1.05 bits per heavy atom. The zero-order valence-corrected chi connectivity index (χ0v) is 11.1. The number of carboxylic acid groups (broad SMARTS) is 1. The standard InChI is InChI=1S/C16H15NO3/c1-12(18)17(11-13-6-3-2-4-7-13)15-9-5-8-14(10-15)16(19)20/h2-10H,11H2,1H3,(H,19,20). The van der Waals surface area contributed by atoms with Gasteiger partial charge in [0, 0.05) is 12.6 Å². The first kappa shape index (κ1) is 13.8. The summed E-state index contributed by atoms with van der Waals surface area (Å²) < 4.78 is 0. The summed E-state index contributed by atoms with van der Waals surface area (Å²) >= 11 is 0. The van der Waals surface area contributed by atoms with Gasteiger partial charge in [0.05, 0.1) is 12.1 Å². The van der Waals surface area contributed by atoms with Crippen LogP contribution in [0.1, 0.15) is 22.8 Å². The van der Waals surface area contributed by atoms with E-state index >= 15 is 0 Å². The molecule has 0 aromatic heterocycles. The monoisotopic (exact) mass is 269 g/mol. The van der Waals surface area contributed by atoms with Gasteiger partial charge < -0.3 is 10.0 Å². The third-order valence-corrected chi connectivity index (χ3v) is 2.97. The summed E-state index contributed by atoms with van der Waals surface area (Å²) in [5.74, 6) is -1.13. The predicted octanol–water partition coefficient (Wildman–Crippen LogP) is 2.94. The van der Waals surface area contributed by atoms with E-state index < -0.39 is 5.97 Å². The lowest BCUT2D eigenvalue weighted by molar-refractivity contribution is -0.116. The second-order valence-electron chi connectivity index (χ2n) is 4.45. The third-order valence-electron chi connectivity index (χ3n) is 2.97. The van der Waals surface area contributed by atoms with Crippen molar-refractivity contribution in [2.75, 3.05) is 4.90 Å². The number of amides is 1. The minimum Gasteiger partial charge on any atom is -0.478 e. The molecular formula is C16H15NO3. The first-order valence-corrected chi connectivity index (χ1v) is 6.23. The van der Waals surface area contributed by atoms with Crippen LogP contribution in [0.25, 0.3) is 0 Å². The maximum Gasteiger partial charge on any atom is 0.335 e. The van der Waals surface area contributed by atoms with Crippen LogP contribution in [0.2, 0.25) is 0 Å². The number of benzene rings is 2. The van der Waals surface area contributed by atoms with Crippen molar-refractivity contribution in [1.29, 1.82) is 0 Å². The van der Waals surface area contributed by atoms with Crippen molar-refractivity contribution >= 4 is 17.6 Å². The molecule has 4 heteroatoms. The Hall–Kier alpha value is -2.62. The maximum absolute atomic E-state index is 11.8. The lowest BCUT2D eigenvalue weighted by Crippen LogP contribution is -2.27. The smallest absolute Gasteiger partial charge is 0.335 e. The molecule has 0 bridgehead atoms. The Morgan fingerprint density at radius 2 is 1.75 bits per heavy atom. The first-order valence-electron chi connectivity index (χ1n) is 6.23. The van der Waals surface area contributed by atoms with Crippen molar-refractivity contribution in [3.63, 3.8) is 0 Å². The van der Waals surface area contributed by atoms with E-state index in [4.69, 9.17) is 5.11 Å². The van der Waals surface area contributed by atoms with Crippen molar-refractivity contribution in [1.82, 2.24) is 0 Å². The van der Waals surface area contributed by atoms with Crippen LogP contribution in [0.5, 0.6) is 0 Å². The Labute approximate surface area is 117 Å². The minimum absolute atomic E-state index is 0.128. The predicted molar refractivity (Wildman–Crippen MR) is 76.7 cm³/mol. The molecule has 0 saturated carbocycles. The molecule has 2 aromatic rings. The number of hydrogen-bond acceptors (Lipinski definition) is 2. The molecule has 20 heavy (non-hydrogen) atoms. The lowest BCUT2D eigenvalue weighted by atomic mass is 10.1. The maximum atomic E-state index is 11.8. The summed E-state index contributed by atoms with van der Waals surface area (Å²) in [7, 11) is 0. The van der Waals surface area contributed by atoms with E-state index in [1.54, 1.807) is 17.0 Å². The van der Waals surface area contributed by atoms with E-state index in [1.807, 2.05) is 30.3 Å². The largest absolute Gasteiger partial charge is 0.478 e. The van der Waals surface area contributed by atoms with Crippen LogP contribution in [-0.4, -0.2) is 17.0 Å². The average Bonchev–Trinajstić information content (AvgIpc) is 2.45. The molecule has 0 aliphatic rings. The van der Waals surface area contributed by atoms with Gasteiger partial charge in [0.25, 0.3) is 0 Å². The van der Waals surface area contributed by atoms with Crippen LogP contribution >= 0.6 is 0 Å². The Balaban J connectivity index is 2.31. The van der Waals surface area contributed by atoms with E-state index in [-0.39, 0.29) is 11.5 Å². The fraction of sp³-hybridized carbons (Fsp3) is 0.125. The normalized spacial score (nSPS) is 10.1. The number of carbonyl (C=O) groups excluding carboxylic acids is 1. The van der Waals surface area contributed by atoms with Crippen LogP contribution in [0, 0.1) is 0 Å². The summed E-state index contributed by atoms with van der Waals surface area (Å²) in [6.45, 7) is 1.88. The van der Waals surface area contributed by atoms with E-state index in [9.17, 15) is 9.59 Å². The van der Waals surface area contributed by atoms with E-state index in [0.717, 1.165) is 5.56 Å². The topological polar surface area (TPSA) is 57.6 Å². The number of carbonyl (C=O) groups is 2. The van der Waals surface area contributed by atoms with Crippen molar-refractivity contribution in [2.45, 2.75) is 13.5 Å². The summed E-state index contributed by atoms with van der Waals surface area (Å²) in [5, 5.41) is 9.02. The van der Waals surface area contributed by atoms with Crippen LogP contribution in [0.15, 0.2) is 54.6 Å². The van der Waals surface area contributed by atoms with Crippen molar-refractivity contribution in [2.24, 2.45) is 0 Å². The van der Waals surface area contributed by atoms with Gasteiger partial charge in [-0.3, -0.25) is 4.79 Å². The SMILES string of the molecule is CC(=O)N(Cc1ccccc1)c1cccc(C(=O)O)c1. The first-order chi connectivity index (χ1) is 9.58. The molecule has 0 saturated heterocycles. The highest BCUT2D eigenvalue weighted by Crippen LogP contribution is 2.19. The molecule has 1 N–H and O–H groups in total. The second kappa shape index (κ2) is 6.02. The van der Waals surface area contributed by atoms with Gasteiger partial charge in [0.15, 0.2) is 0 Å². The minimum atomic E-state index is -1.00. The van der Waals surface area contributed by atoms with Crippen LogP contribution < -0.4 is 4.90 Å². The second-order valence-corrected chi connectivity index (χ2v) is 4.45. The van der Waals surface area contributed by atoms with Gasteiger partial charge in [-0.15, -0.1) is 0 Å². The highest BCUT2D eigenvalue weighted by Gasteiger charge is 2.13. The van der Waals surface area contributed by atoms with E-state index in [1.165, 1.54) is 19.1 Å². The molecule has 0 atom stereocenters. The molecule has 0 spiro atoms. The Morgan fingerprint density at radius 3 is 2.35 bits per heavy atom. The Kier molecular flexibility index (Phi) is 4.15. The van der Waals surface area contributed by atoms with E-state index in [0.29, 0.717) is 12.2 Å². The highest BCUT2D eigenvalue weighted by molar-refractivity contribution is 5.94. The molecule has 2 rings (SSSR count). The summed E-state index contributed by atoms with van der Waals surface area (Å²) in [4.78, 5) is 24.4. The van der Waals surface area contributed by atoms with Gasteiger partial charge in [0.2, 0.25) is 5.91 Å². The number of anilines is 1. The van der Waals surface area contributed by atoms with Crippen LogP contribution in [0.3, 0.4) is 0 Å². The molecule has 0 fully saturated rings. The quantitative estimate of drug-likeness (QED) is 0.928. The summed E-state index contributed by atoms with van der Waals surface area (Å²) in [6.07, 6.45) is 0. The molecule has 0 radical (unpaired) electrons. The van der Waals surface area contributed by atoms with Crippen molar-refractivity contribution in [3.8, 4) is 0 Å². The Bertz CT molecular complexity index is 623. The number of carboxylic acids is 1. The van der Waals surface area contributed by atoms with Gasteiger partial charge >= 0.3 is 5.97 Å².